The molecule has 1 aromatic rings. The summed E-state index contributed by atoms with van der Waals surface area (Å²) in [5, 5.41) is 14.0. The molecule has 2 rings (SSSR count). The average Bonchev–Trinajstić information content (AvgIpc) is 2.89. The maximum Gasteiger partial charge on any atom is 0.319 e. The van der Waals surface area contributed by atoms with Gasteiger partial charge in [-0.05, 0) is 18.6 Å². The van der Waals surface area contributed by atoms with Gasteiger partial charge in [0.05, 0.1) is 24.8 Å². The number of amides is 2. The molecule has 2 unspecified atom stereocenters. The highest BCUT2D eigenvalue weighted by Crippen LogP contribution is 2.25. The summed E-state index contributed by atoms with van der Waals surface area (Å²) in [6.45, 7) is 0. The second-order valence-corrected chi connectivity index (χ2v) is 4.61. The van der Waals surface area contributed by atoms with Gasteiger partial charge in [-0.25, -0.2) is 9.18 Å². The van der Waals surface area contributed by atoms with Crippen LogP contribution in [0.2, 0.25) is 0 Å². The van der Waals surface area contributed by atoms with Gasteiger partial charge >= 0.3 is 12.0 Å². The van der Waals surface area contributed by atoms with Gasteiger partial charge < -0.3 is 20.5 Å². The van der Waals surface area contributed by atoms with Crippen LogP contribution in [0.5, 0.6) is 5.75 Å². The number of anilines is 1. The molecule has 2 amide bonds. The standard InChI is InChI=1S/C14H15FN2O4/c1-21-12-7-9(15)3-5-11(12)17-14(20)16-10-4-2-8(6-10)13(18)19/h2-5,7-8,10H,6H2,1H3,(H,18,19)(H2,16,17,20). The first kappa shape index (κ1) is 14.8. The fourth-order valence-corrected chi connectivity index (χ4v) is 2.08. The number of hydrogen-bond donors (Lipinski definition) is 3. The van der Waals surface area contributed by atoms with E-state index in [2.05, 4.69) is 10.6 Å². The summed E-state index contributed by atoms with van der Waals surface area (Å²) >= 11 is 0. The van der Waals surface area contributed by atoms with Crippen molar-refractivity contribution in [3.8, 4) is 5.75 Å². The topological polar surface area (TPSA) is 87.7 Å². The Bertz CT molecular complexity index is 588. The van der Waals surface area contributed by atoms with Gasteiger partial charge in [-0.1, -0.05) is 12.2 Å². The SMILES string of the molecule is COc1cc(F)ccc1NC(=O)NC1C=CC(C(=O)O)C1. The number of aliphatic carboxylic acids is 1. The second kappa shape index (κ2) is 6.25. The Morgan fingerprint density at radius 1 is 1.38 bits per heavy atom. The summed E-state index contributed by atoms with van der Waals surface area (Å²) < 4.78 is 18.0. The number of urea groups is 1. The zero-order valence-corrected chi connectivity index (χ0v) is 11.3. The number of nitrogens with one attached hydrogen (secondary N) is 2. The molecule has 0 aliphatic heterocycles. The van der Waals surface area contributed by atoms with Crippen molar-refractivity contribution < 1.29 is 23.8 Å². The molecule has 2 atom stereocenters. The zero-order valence-electron chi connectivity index (χ0n) is 11.3. The lowest BCUT2D eigenvalue weighted by atomic mass is 10.1. The smallest absolute Gasteiger partial charge is 0.319 e. The number of benzene rings is 1. The molecule has 6 nitrogen and oxygen atoms in total. The summed E-state index contributed by atoms with van der Waals surface area (Å²) in [7, 11) is 1.37. The summed E-state index contributed by atoms with van der Waals surface area (Å²) in [5.74, 6) is -1.77. The molecule has 0 bridgehead atoms. The van der Waals surface area contributed by atoms with E-state index in [1.807, 2.05) is 0 Å². The third kappa shape index (κ3) is 3.71. The fraction of sp³-hybridized carbons (Fsp3) is 0.286. The number of carbonyl (C=O) groups excluding carboxylic acids is 1. The minimum Gasteiger partial charge on any atom is -0.494 e. The third-order valence-corrected chi connectivity index (χ3v) is 3.13. The Morgan fingerprint density at radius 2 is 2.14 bits per heavy atom. The van der Waals surface area contributed by atoms with Gasteiger partial charge in [-0.15, -0.1) is 0 Å². The van der Waals surface area contributed by atoms with Gasteiger partial charge in [-0.3, -0.25) is 4.79 Å². The number of hydrogen-bond acceptors (Lipinski definition) is 3. The molecule has 0 fully saturated rings. The number of carboxylic acid groups (broad SMARTS) is 1. The highest BCUT2D eigenvalue weighted by Gasteiger charge is 2.25. The molecule has 0 saturated carbocycles. The van der Waals surface area contributed by atoms with Crippen molar-refractivity contribution in [3.63, 3.8) is 0 Å². The molecule has 0 radical (unpaired) electrons. The van der Waals surface area contributed by atoms with Crippen LogP contribution >= 0.6 is 0 Å². The predicted octanol–water partition coefficient (Wildman–Crippen LogP) is 1.99. The van der Waals surface area contributed by atoms with Crippen molar-refractivity contribution in [1.29, 1.82) is 0 Å². The third-order valence-electron chi connectivity index (χ3n) is 3.13. The summed E-state index contributed by atoms with van der Waals surface area (Å²) in [4.78, 5) is 22.7. The van der Waals surface area contributed by atoms with E-state index in [1.165, 1.54) is 19.2 Å². The monoisotopic (exact) mass is 294 g/mol. The quantitative estimate of drug-likeness (QED) is 0.741. The molecule has 7 heteroatoms. The van der Waals surface area contributed by atoms with E-state index in [4.69, 9.17) is 9.84 Å². The van der Waals surface area contributed by atoms with Crippen molar-refractivity contribution in [3.05, 3.63) is 36.2 Å². The molecule has 0 heterocycles. The number of methoxy groups -OCH3 is 1. The van der Waals surface area contributed by atoms with Crippen LogP contribution < -0.4 is 15.4 Å². The van der Waals surface area contributed by atoms with Crippen LogP contribution in [-0.2, 0) is 4.79 Å². The first-order valence-corrected chi connectivity index (χ1v) is 6.32. The van der Waals surface area contributed by atoms with Gasteiger partial charge in [0.2, 0.25) is 0 Å². The van der Waals surface area contributed by atoms with E-state index in [9.17, 15) is 14.0 Å². The predicted molar refractivity (Wildman–Crippen MR) is 73.8 cm³/mol. The van der Waals surface area contributed by atoms with Crippen molar-refractivity contribution in [2.45, 2.75) is 12.5 Å². The molecule has 1 aromatic carbocycles. The van der Waals surface area contributed by atoms with E-state index >= 15 is 0 Å². The number of carbonyl (C=O) groups is 2. The van der Waals surface area contributed by atoms with E-state index in [1.54, 1.807) is 12.2 Å². The molecule has 1 aliphatic carbocycles. The highest BCUT2D eigenvalue weighted by molar-refractivity contribution is 5.91. The summed E-state index contributed by atoms with van der Waals surface area (Å²) in [6.07, 6.45) is 3.50. The Hall–Kier alpha value is -2.57. The van der Waals surface area contributed by atoms with Crippen LogP contribution in [0.4, 0.5) is 14.9 Å². The first-order chi connectivity index (χ1) is 9.99. The largest absolute Gasteiger partial charge is 0.494 e. The molecule has 3 N–H and O–H groups in total. The lowest BCUT2D eigenvalue weighted by Gasteiger charge is -2.14. The Morgan fingerprint density at radius 3 is 2.76 bits per heavy atom. The summed E-state index contributed by atoms with van der Waals surface area (Å²) in [5.41, 5.74) is 0.327. The van der Waals surface area contributed by atoms with Crippen molar-refractivity contribution in [1.82, 2.24) is 5.32 Å². The van der Waals surface area contributed by atoms with Crippen LogP contribution in [0.15, 0.2) is 30.4 Å². The number of rotatable bonds is 4. The van der Waals surface area contributed by atoms with Crippen LogP contribution in [0.3, 0.4) is 0 Å². The number of carboxylic acids is 1. The Labute approximate surface area is 120 Å². The van der Waals surface area contributed by atoms with Crippen LogP contribution in [-0.4, -0.2) is 30.3 Å². The van der Waals surface area contributed by atoms with E-state index < -0.39 is 23.7 Å². The minimum absolute atomic E-state index is 0.204. The van der Waals surface area contributed by atoms with Crippen molar-refractivity contribution in [2.24, 2.45) is 5.92 Å². The number of ether oxygens (including phenoxy) is 1. The Kier molecular flexibility index (Phi) is 4.42. The lowest BCUT2D eigenvalue weighted by molar-refractivity contribution is -0.140. The minimum atomic E-state index is -0.920. The van der Waals surface area contributed by atoms with Crippen molar-refractivity contribution in [2.75, 3.05) is 12.4 Å². The lowest BCUT2D eigenvalue weighted by Crippen LogP contribution is -2.36. The molecule has 0 spiro atoms. The normalized spacial score (nSPS) is 20.1. The van der Waals surface area contributed by atoms with E-state index in [0.717, 1.165) is 6.07 Å². The van der Waals surface area contributed by atoms with Crippen LogP contribution in [0.25, 0.3) is 0 Å². The van der Waals surface area contributed by atoms with Crippen LogP contribution in [0.1, 0.15) is 6.42 Å². The van der Waals surface area contributed by atoms with Gasteiger partial charge in [-0.2, -0.15) is 0 Å². The molecular weight excluding hydrogens is 279 g/mol. The van der Waals surface area contributed by atoms with Gasteiger partial charge in [0.1, 0.15) is 11.6 Å². The van der Waals surface area contributed by atoms with Crippen molar-refractivity contribution >= 4 is 17.7 Å². The van der Waals surface area contributed by atoms with Crippen LogP contribution in [0, 0.1) is 11.7 Å². The van der Waals surface area contributed by atoms with E-state index in [0.29, 0.717) is 12.1 Å². The zero-order chi connectivity index (χ0) is 15.4. The molecule has 21 heavy (non-hydrogen) atoms. The summed E-state index contributed by atoms with van der Waals surface area (Å²) in [6, 6.07) is 2.89. The van der Waals surface area contributed by atoms with E-state index in [-0.39, 0.29) is 11.8 Å². The molecule has 0 aromatic heterocycles. The first-order valence-electron chi connectivity index (χ1n) is 6.32. The maximum atomic E-state index is 13.0. The highest BCUT2D eigenvalue weighted by atomic mass is 19.1. The van der Waals surface area contributed by atoms with Gasteiger partial charge in [0, 0.05) is 6.07 Å². The van der Waals surface area contributed by atoms with Gasteiger partial charge in [0.25, 0.3) is 0 Å². The van der Waals surface area contributed by atoms with Gasteiger partial charge in [0.15, 0.2) is 0 Å². The molecular formula is C14H15FN2O4. The molecule has 0 saturated heterocycles. The molecule has 112 valence electrons. The molecule has 1 aliphatic rings. The maximum absolute atomic E-state index is 13.0. The Balaban J connectivity index is 1.94. The number of halogens is 1. The fourth-order valence-electron chi connectivity index (χ4n) is 2.08. The second-order valence-electron chi connectivity index (χ2n) is 4.61. The average molecular weight is 294 g/mol.